The zero-order valence-electron chi connectivity index (χ0n) is 18.8. The molecule has 5 rings (SSSR count). The van der Waals surface area contributed by atoms with E-state index in [0.717, 1.165) is 29.8 Å². The first-order valence-electron chi connectivity index (χ1n) is 11.3. The van der Waals surface area contributed by atoms with E-state index < -0.39 is 11.6 Å². The maximum Gasteiger partial charge on any atom is 0.188 e. The van der Waals surface area contributed by atoms with E-state index in [1.165, 1.54) is 6.07 Å². The zero-order valence-corrected chi connectivity index (χ0v) is 18.8. The molecule has 1 N–H and O–H groups in total. The number of hydrogen-bond acceptors (Lipinski definition) is 6. The predicted octanol–water partition coefficient (Wildman–Crippen LogP) is 4.95. The molecule has 34 heavy (non-hydrogen) atoms. The van der Waals surface area contributed by atoms with Crippen LogP contribution in [0.15, 0.2) is 61.2 Å². The highest BCUT2D eigenvalue weighted by Gasteiger charge is 2.21. The van der Waals surface area contributed by atoms with Gasteiger partial charge in [0.2, 0.25) is 0 Å². The summed E-state index contributed by atoms with van der Waals surface area (Å²) in [4.78, 5) is 19.1. The smallest absolute Gasteiger partial charge is 0.188 e. The van der Waals surface area contributed by atoms with Gasteiger partial charge in [-0.1, -0.05) is 13.0 Å². The molecule has 172 valence electrons. The van der Waals surface area contributed by atoms with Gasteiger partial charge in [-0.25, -0.2) is 13.8 Å². The van der Waals surface area contributed by atoms with Crippen LogP contribution in [0, 0.1) is 11.6 Å². The Morgan fingerprint density at radius 2 is 1.88 bits per heavy atom. The number of hydrogen-bond donors (Lipinski definition) is 1. The average Bonchev–Trinajstić information content (AvgIpc) is 2.88. The first kappa shape index (κ1) is 21.9. The highest BCUT2D eigenvalue weighted by molar-refractivity contribution is 5.60. The quantitative estimate of drug-likeness (QED) is 0.441. The third-order valence-electron chi connectivity index (χ3n) is 5.98. The first-order valence-corrected chi connectivity index (χ1v) is 11.3. The summed E-state index contributed by atoms with van der Waals surface area (Å²) >= 11 is 0. The van der Waals surface area contributed by atoms with Crippen molar-refractivity contribution >= 4 is 11.5 Å². The van der Waals surface area contributed by atoms with Crippen LogP contribution in [-0.4, -0.2) is 26.5 Å². The van der Waals surface area contributed by atoms with Crippen LogP contribution in [0.25, 0.3) is 11.3 Å². The summed E-state index contributed by atoms with van der Waals surface area (Å²) in [5.74, 6) is -0.736. The summed E-state index contributed by atoms with van der Waals surface area (Å²) in [5.41, 5.74) is 5.06. The molecule has 0 atom stereocenters. The lowest BCUT2D eigenvalue weighted by Crippen LogP contribution is -2.31. The Labute approximate surface area is 196 Å². The lowest BCUT2D eigenvalue weighted by atomic mass is 10.1. The van der Waals surface area contributed by atoms with E-state index in [-0.39, 0.29) is 18.1 Å². The number of nitrogens with zero attached hydrogens (tertiary/aromatic N) is 5. The summed E-state index contributed by atoms with van der Waals surface area (Å²) < 4.78 is 30.1. The van der Waals surface area contributed by atoms with Gasteiger partial charge in [0.1, 0.15) is 11.5 Å². The molecule has 5 heterocycles. The van der Waals surface area contributed by atoms with Crippen molar-refractivity contribution in [3.05, 3.63) is 95.3 Å². The molecular formula is C26H24F2N6. The molecule has 0 saturated carbocycles. The first-order chi connectivity index (χ1) is 16.6. The normalized spacial score (nSPS) is 13.0. The number of fused-ring (bicyclic) bond motifs is 1. The van der Waals surface area contributed by atoms with Gasteiger partial charge in [0.25, 0.3) is 0 Å². The molecule has 0 amide bonds. The van der Waals surface area contributed by atoms with E-state index in [1.807, 2.05) is 30.0 Å². The molecule has 0 radical (unpaired) electrons. The van der Waals surface area contributed by atoms with E-state index in [9.17, 15) is 4.39 Å². The van der Waals surface area contributed by atoms with E-state index in [4.69, 9.17) is 0 Å². The number of aromatic nitrogens is 4. The van der Waals surface area contributed by atoms with E-state index in [2.05, 4.69) is 25.3 Å². The van der Waals surface area contributed by atoms with Gasteiger partial charge < -0.3 is 10.2 Å². The Balaban J connectivity index is 1.31. The van der Waals surface area contributed by atoms with Crippen LogP contribution < -0.4 is 10.2 Å². The zero-order chi connectivity index (χ0) is 23.5. The molecule has 0 aromatic carbocycles. The second kappa shape index (κ2) is 9.51. The monoisotopic (exact) mass is 458 g/mol. The number of pyridine rings is 4. The fourth-order valence-electron chi connectivity index (χ4n) is 4.16. The summed E-state index contributed by atoms with van der Waals surface area (Å²) in [6.45, 7) is 3.46. The van der Waals surface area contributed by atoms with Crippen molar-refractivity contribution in [2.24, 2.45) is 0 Å². The molecule has 4 aromatic rings. The molecule has 4 aromatic heterocycles. The van der Waals surface area contributed by atoms with Gasteiger partial charge in [0, 0.05) is 67.8 Å². The molecule has 0 aliphatic carbocycles. The van der Waals surface area contributed by atoms with Crippen LogP contribution in [0.3, 0.4) is 0 Å². The minimum absolute atomic E-state index is 0.126. The fourth-order valence-corrected chi connectivity index (χ4v) is 4.16. The summed E-state index contributed by atoms with van der Waals surface area (Å²) in [7, 11) is 0. The third-order valence-corrected chi connectivity index (χ3v) is 5.98. The summed E-state index contributed by atoms with van der Waals surface area (Å²) in [5, 5.41) is 2.99. The molecule has 6 nitrogen and oxygen atoms in total. The number of rotatable bonds is 6. The highest BCUT2D eigenvalue weighted by Crippen LogP contribution is 2.29. The van der Waals surface area contributed by atoms with E-state index in [1.54, 1.807) is 36.9 Å². The van der Waals surface area contributed by atoms with E-state index in [0.29, 0.717) is 29.9 Å². The summed E-state index contributed by atoms with van der Waals surface area (Å²) in [6.07, 6.45) is 8.13. The molecule has 0 spiro atoms. The molecule has 0 bridgehead atoms. The standard InChI is InChI=1S/C26H24F2N6/c1-2-20-13-18(5-9-29-20)25-21(27)12-17(14-32-25)15-33-26-24(28)23(6-10-31-26)34-11-7-22-19(16-34)4-3-8-30-22/h3-6,8-10,12-14H,2,7,11,15-16H2,1H3,(H,31,33). The lowest BCUT2D eigenvalue weighted by molar-refractivity contribution is 0.605. The van der Waals surface area contributed by atoms with Gasteiger partial charge >= 0.3 is 0 Å². The van der Waals surface area contributed by atoms with Crippen LogP contribution in [0.5, 0.6) is 0 Å². The average molecular weight is 459 g/mol. The fraction of sp³-hybridized carbons (Fsp3) is 0.231. The van der Waals surface area contributed by atoms with Crippen LogP contribution >= 0.6 is 0 Å². The van der Waals surface area contributed by atoms with Gasteiger partial charge in [-0.15, -0.1) is 0 Å². The lowest BCUT2D eigenvalue weighted by Gasteiger charge is -2.30. The highest BCUT2D eigenvalue weighted by atomic mass is 19.1. The Hall–Kier alpha value is -3.94. The Bertz CT molecular complexity index is 1330. The minimum Gasteiger partial charge on any atom is -0.364 e. The van der Waals surface area contributed by atoms with Crippen molar-refractivity contribution in [2.75, 3.05) is 16.8 Å². The van der Waals surface area contributed by atoms with Gasteiger partial charge in [-0.05, 0) is 47.9 Å². The Morgan fingerprint density at radius 1 is 1.00 bits per heavy atom. The molecule has 8 heteroatoms. The van der Waals surface area contributed by atoms with E-state index >= 15 is 4.39 Å². The predicted molar refractivity (Wildman–Crippen MR) is 127 cm³/mol. The van der Waals surface area contributed by atoms with Crippen molar-refractivity contribution < 1.29 is 8.78 Å². The van der Waals surface area contributed by atoms with Crippen molar-refractivity contribution in [1.82, 2.24) is 19.9 Å². The van der Waals surface area contributed by atoms with Crippen LogP contribution in [0.4, 0.5) is 20.3 Å². The molecule has 1 aliphatic heterocycles. The van der Waals surface area contributed by atoms with Crippen LogP contribution in [0.2, 0.25) is 0 Å². The molecule has 0 fully saturated rings. The maximum absolute atomic E-state index is 15.3. The van der Waals surface area contributed by atoms with Gasteiger partial charge in [0.15, 0.2) is 11.6 Å². The van der Waals surface area contributed by atoms with Crippen molar-refractivity contribution in [1.29, 1.82) is 0 Å². The number of anilines is 2. The van der Waals surface area contributed by atoms with Crippen LogP contribution in [0.1, 0.15) is 29.4 Å². The summed E-state index contributed by atoms with van der Waals surface area (Å²) in [6, 6.07) is 10.6. The van der Waals surface area contributed by atoms with Crippen molar-refractivity contribution in [3.8, 4) is 11.3 Å². The molecule has 0 unspecified atom stereocenters. The topological polar surface area (TPSA) is 66.8 Å². The number of nitrogens with one attached hydrogen (secondary N) is 1. The maximum atomic E-state index is 15.3. The van der Waals surface area contributed by atoms with Crippen molar-refractivity contribution in [2.45, 2.75) is 32.9 Å². The minimum atomic E-state index is -0.435. The second-order valence-corrected chi connectivity index (χ2v) is 8.19. The Morgan fingerprint density at radius 3 is 2.74 bits per heavy atom. The second-order valence-electron chi connectivity index (χ2n) is 8.19. The van der Waals surface area contributed by atoms with Gasteiger partial charge in [-0.2, -0.15) is 0 Å². The SMILES string of the molecule is CCc1cc(-c2ncc(CNc3nccc(N4CCc5ncccc5C4)c3F)cc2F)ccn1. The van der Waals surface area contributed by atoms with Crippen molar-refractivity contribution in [3.63, 3.8) is 0 Å². The number of halogens is 2. The van der Waals surface area contributed by atoms with Gasteiger partial charge in [-0.3, -0.25) is 15.0 Å². The Kier molecular flexibility index (Phi) is 6.12. The van der Waals surface area contributed by atoms with Crippen LogP contribution in [-0.2, 0) is 25.9 Å². The number of aryl methyl sites for hydroxylation is 1. The third kappa shape index (κ3) is 4.44. The molecule has 1 aliphatic rings. The molecule has 0 saturated heterocycles. The van der Waals surface area contributed by atoms with Gasteiger partial charge in [0.05, 0.1) is 5.69 Å². The largest absolute Gasteiger partial charge is 0.364 e. The molecular weight excluding hydrogens is 434 g/mol.